The topological polar surface area (TPSA) is 39.1 Å². The largest absolute Gasteiger partial charge is 0.298 e. The van der Waals surface area contributed by atoms with Crippen LogP contribution in [0.5, 0.6) is 0 Å². The molecule has 2 aromatic carbocycles. The Morgan fingerprint density at radius 3 is 2.62 bits per heavy atom. The normalized spacial score (nSPS) is 10.8. The molecule has 104 valence electrons. The third-order valence-corrected chi connectivity index (χ3v) is 4.05. The average molecular weight is 342 g/mol. The van der Waals surface area contributed by atoms with Gasteiger partial charge in [0, 0.05) is 26.7 Å². The number of hydrogen-bond acceptors (Lipinski definition) is 2. The highest BCUT2D eigenvalue weighted by atomic mass is 79.9. The van der Waals surface area contributed by atoms with Crippen molar-refractivity contribution in [2.45, 2.75) is 6.92 Å². The van der Waals surface area contributed by atoms with Crippen LogP contribution in [0.3, 0.4) is 0 Å². The van der Waals surface area contributed by atoms with Crippen LogP contribution >= 0.6 is 15.9 Å². The van der Waals surface area contributed by atoms with Gasteiger partial charge in [0.25, 0.3) is 5.91 Å². The quantitative estimate of drug-likeness (QED) is 0.655. The van der Waals surface area contributed by atoms with Crippen molar-refractivity contribution < 1.29 is 9.59 Å². The number of aldehydes is 1. The van der Waals surface area contributed by atoms with Gasteiger partial charge in [-0.05, 0) is 31.2 Å². The SMILES string of the molecule is Cc1c(C=O)c2ccccc2n1C(=O)c1cccc(Br)c1. The molecule has 0 radical (unpaired) electrons. The molecule has 0 aliphatic rings. The maximum atomic E-state index is 12.8. The van der Waals surface area contributed by atoms with Gasteiger partial charge >= 0.3 is 0 Å². The summed E-state index contributed by atoms with van der Waals surface area (Å²) in [7, 11) is 0. The molecule has 3 nitrogen and oxygen atoms in total. The molecule has 1 heterocycles. The molecule has 0 aliphatic heterocycles. The molecule has 0 aliphatic carbocycles. The minimum atomic E-state index is -0.141. The third-order valence-electron chi connectivity index (χ3n) is 3.55. The molecule has 1 aromatic heterocycles. The molecule has 0 fully saturated rings. The number of nitrogens with zero attached hydrogens (tertiary/aromatic N) is 1. The molecule has 0 spiro atoms. The number of carbonyl (C=O) groups excluding carboxylic acids is 2. The van der Waals surface area contributed by atoms with E-state index >= 15 is 0 Å². The number of benzene rings is 2. The van der Waals surface area contributed by atoms with Gasteiger partial charge in [-0.15, -0.1) is 0 Å². The van der Waals surface area contributed by atoms with Crippen molar-refractivity contribution in [3.05, 3.63) is 69.8 Å². The lowest BCUT2D eigenvalue weighted by Gasteiger charge is -2.07. The van der Waals surface area contributed by atoms with Crippen molar-refractivity contribution in [2.75, 3.05) is 0 Å². The van der Waals surface area contributed by atoms with Crippen LogP contribution in [0.1, 0.15) is 26.4 Å². The Balaban J connectivity index is 2.28. The highest BCUT2D eigenvalue weighted by Gasteiger charge is 2.19. The summed E-state index contributed by atoms with van der Waals surface area (Å²) in [6.07, 6.45) is 0.808. The van der Waals surface area contributed by atoms with Crippen molar-refractivity contribution in [2.24, 2.45) is 0 Å². The van der Waals surface area contributed by atoms with Crippen molar-refractivity contribution in [1.82, 2.24) is 4.57 Å². The zero-order valence-corrected chi connectivity index (χ0v) is 12.9. The molecular weight excluding hydrogens is 330 g/mol. The predicted octanol–water partition coefficient (Wildman–Crippen LogP) is 4.21. The maximum absolute atomic E-state index is 12.8. The molecule has 0 atom stereocenters. The first-order valence-corrected chi connectivity index (χ1v) is 7.28. The Bertz CT molecular complexity index is 864. The van der Waals surface area contributed by atoms with E-state index in [4.69, 9.17) is 0 Å². The second kappa shape index (κ2) is 5.30. The minimum absolute atomic E-state index is 0.141. The summed E-state index contributed by atoms with van der Waals surface area (Å²) in [5.41, 5.74) is 2.55. The summed E-state index contributed by atoms with van der Waals surface area (Å²) < 4.78 is 2.44. The van der Waals surface area contributed by atoms with Crippen LogP contribution in [0.25, 0.3) is 10.9 Å². The van der Waals surface area contributed by atoms with Gasteiger partial charge in [-0.1, -0.05) is 40.2 Å². The predicted molar refractivity (Wildman–Crippen MR) is 85.9 cm³/mol. The fourth-order valence-corrected chi connectivity index (χ4v) is 2.95. The van der Waals surface area contributed by atoms with E-state index < -0.39 is 0 Å². The molecular formula is C17H12BrNO2. The Labute approximate surface area is 130 Å². The van der Waals surface area contributed by atoms with E-state index in [2.05, 4.69) is 15.9 Å². The highest BCUT2D eigenvalue weighted by Crippen LogP contribution is 2.26. The second-order valence-electron chi connectivity index (χ2n) is 4.78. The van der Waals surface area contributed by atoms with Gasteiger partial charge in [-0.25, -0.2) is 0 Å². The fraction of sp³-hybridized carbons (Fsp3) is 0.0588. The minimum Gasteiger partial charge on any atom is -0.298 e. The van der Waals surface area contributed by atoms with Crippen LogP contribution in [-0.2, 0) is 0 Å². The lowest BCUT2D eigenvalue weighted by molar-refractivity contribution is 0.0963. The van der Waals surface area contributed by atoms with Crippen LogP contribution in [0.15, 0.2) is 53.0 Å². The number of hydrogen-bond donors (Lipinski definition) is 0. The Morgan fingerprint density at radius 1 is 1.14 bits per heavy atom. The summed E-state index contributed by atoms with van der Waals surface area (Å²) in [4.78, 5) is 24.1. The summed E-state index contributed by atoms with van der Waals surface area (Å²) in [5, 5.41) is 0.799. The smallest absolute Gasteiger partial charge is 0.262 e. The number of rotatable bonds is 2. The van der Waals surface area contributed by atoms with Gasteiger partial charge in [0.05, 0.1) is 5.52 Å². The first-order valence-electron chi connectivity index (χ1n) is 6.49. The summed E-state index contributed by atoms with van der Waals surface area (Å²) >= 11 is 3.37. The highest BCUT2D eigenvalue weighted by molar-refractivity contribution is 9.10. The van der Waals surface area contributed by atoms with E-state index in [1.165, 1.54) is 0 Å². The van der Waals surface area contributed by atoms with Crippen LogP contribution in [0, 0.1) is 6.92 Å². The molecule has 3 rings (SSSR count). The van der Waals surface area contributed by atoms with E-state index in [9.17, 15) is 9.59 Å². The van der Waals surface area contributed by atoms with Crippen LogP contribution in [0.2, 0.25) is 0 Å². The van der Waals surface area contributed by atoms with E-state index in [1.54, 1.807) is 23.6 Å². The van der Waals surface area contributed by atoms with Gasteiger partial charge in [-0.2, -0.15) is 0 Å². The van der Waals surface area contributed by atoms with Gasteiger partial charge in [0.2, 0.25) is 0 Å². The van der Waals surface area contributed by atoms with E-state index in [1.807, 2.05) is 36.4 Å². The van der Waals surface area contributed by atoms with Gasteiger partial charge in [0.15, 0.2) is 6.29 Å². The van der Waals surface area contributed by atoms with E-state index in [-0.39, 0.29) is 5.91 Å². The second-order valence-corrected chi connectivity index (χ2v) is 5.70. The lowest BCUT2D eigenvalue weighted by Crippen LogP contribution is -2.13. The van der Waals surface area contributed by atoms with Crippen LogP contribution in [0.4, 0.5) is 0 Å². The zero-order chi connectivity index (χ0) is 15.0. The monoisotopic (exact) mass is 341 g/mol. The first-order chi connectivity index (χ1) is 10.1. The Hall–Kier alpha value is -2.20. The number of carbonyl (C=O) groups is 2. The number of halogens is 1. The molecule has 0 amide bonds. The van der Waals surface area contributed by atoms with Crippen molar-refractivity contribution >= 4 is 39.0 Å². The van der Waals surface area contributed by atoms with E-state index in [0.717, 1.165) is 21.7 Å². The summed E-state index contributed by atoms with van der Waals surface area (Å²) in [6.45, 7) is 1.79. The third kappa shape index (κ3) is 2.21. The van der Waals surface area contributed by atoms with Crippen molar-refractivity contribution in [3.8, 4) is 0 Å². The molecule has 0 bridgehead atoms. The Morgan fingerprint density at radius 2 is 1.90 bits per heavy atom. The lowest BCUT2D eigenvalue weighted by atomic mass is 10.1. The summed E-state index contributed by atoms with van der Waals surface area (Å²) in [5.74, 6) is -0.141. The molecule has 0 unspecified atom stereocenters. The van der Waals surface area contributed by atoms with Gasteiger partial charge in [0.1, 0.15) is 0 Å². The summed E-state index contributed by atoms with van der Waals surface area (Å²) in [6, 6.07) is 14.7. The van der Waals surface area contributed by atoms with Crippen molar-refractivity contribution in [3.63, 3.8) is 0 Å². The number of para-hydroxylation sites is 1. The number of aromatic nitrogens is 1. The fourth-order valence-electron chi connectivity index (χ4n) is 2.55. The first kappa shape index (κ1) is 13.8. The molecule has 0 N–H and O–H groups in total. The molecule has 0 saturated carbocycles. The molecule has 21 heavy (non-hydrogen) atoms. The molecule has 4 heteroatoms. The average Bonchev–Trinajstić information content (AvgIpc) is 2.78. The van der Waals surface area contributed by atoms with Gasteiger partial charge in [-0.3, -0.25) is 14.2 Å². The van der Waals surface area contributed by atoms with Crippen molar-refractivity contribution in [1.29, 1.82) is 0 Å². The van der Waals surface area contributed by atoms with Gasteiger partial charge < -0.3 is 0 Å². The van der Waals surface area contributed by atoms with Crippen LogP contribution in [-0.4, -0.2) is 16.8 Å². The molecule has 0 saturated heterocycles. The van der Waals surface area contributed by atoms with E-state index in [0.29, 0.717) is 16.8 Å². The molecule has 3 aromatic rings. The zero-order valence-electron chi connectivity index (χ0n) is 11.3. The standard InChI is InChI=1S/C17H12BrNO2/c1-11-15(10-20)14-7-2-3-8-16(14)19(11)17(21)12-5-4-6-13(18)9-12/h2-10H,1H3. The number of fused-ring (bicyclic) bond motifs is 1. The van der Waals surface area contributed by atoms with Crippen LogP contribution < -0.4 is 0 Å². The maximum Gasteiger partial charge on any atom is 0.262 e. The Kier molecular flexibility index (Phi) is 3.47.